The molecule has 0 bridgehead atoms. The number of para-hydroxylation sites is 1. The number of imide groups is 1. The largest absolute Gasteiger partial charge is 0.341 e. The minimum atomic E-state index is -0.411. The van der Waals surface area contributed by atoms with Crippen molar-refractivity contribution in [3.63, 3.8) is 0 Å². The van der Waals surface area contributed by atoms with Gasteiger partial charge in [0.05, 0.1) is 4.91 Å². The molecule has 2 fully saturated rings. The normalized spacial score (nSPS) is 18.1. The Bertz CT molecular complexity index is 1390. The summed E-state index contributed by atoms with van der Waals surface area (Å²) in [5.41, 5.74) is 3.89. The molecule has 2 saturated heterocycles. The number of rotatable bonds is 5. The molecule has 0 aliphatic carbocycles. The summed E-state index contributed by atoms with van der Waals surface area (Å²) >= 11 is 7.33. The summed E-state index contributed by atoms with van der Waals surface area (Å²) in [5.74, 6) is 0.0153. The zero-order valence-corrected chi connectivity index (χ0v) is 21.9. The Kier molecular flexibility index (Phi) is 6.95. The highest BCUT2D eigenvalue weighted by atomic mass is 35.5. The van der Waals surface area contributed by atoms with Gasteiger partial charge in [0.25, 0.3) is 11.1 Å². The molecule has 0 atom stereocenters. The number of hydrogen-bond donors (Lipinski definition) is 0. The van der Waals surface area contributed by atoms with Gasteiger partial charge in [-0.1, -0.05) is 54.9 Å². The summed E-state index contributed by atoms with van der Waals surface area (Å²) in [6.07, 6.45) is 3.69. The van der Waals surface area contributed by atoms with Crippen molar-refractivity contribution < 1.29 is 14.4 Å². The second-order valence-electron chi connectivity index (χ2n) is 9.52. The van der Waals surface area contributed by atoms with E-state index in [2.05, 4.69) is 11.5 Å². The number of fused-ring (bicyclic) bond motifs is 1. The van der Waals surface area contributed by atoms with Crippen LogP contribution in [0, 0.1) is 12.8 Å². The summed E-state index contributed by atoms with van der Waals surface area (Å²) in [4.78, 5) is 41.9. The molecule has 2 aliphatic rings. The van der Waals surface area contributed by atoms with Gasteiger partial charge in [0.2, 0.25) is 5.91 Å². The van der Waals surface area contributed by atoms with Crippen molar-refractivity contribution in [3.05, 3.63) is 75.3 Å². The van der Waals surface area contributed by atoms with Gasteiger partial charge in [-0.05, 0) is 61.2 Å². The second-order valence-corrected chi connectivity index (χ2v) is 10.9. The third-order valence-corrected chi connectivity index (χ3v) is 8.42. The number of carbonyl (C=O) groups is 3. The maximum absolute atomic E-state index is 13.2. The van der Waals surface area contributed by atoms with E-state index >= 15 is 0 Å². The molecule has 2 aliphatic heterocycles. The number of halogens is 1. The van der Waals surface area contributed by atoms with Crippen LogP contribution in [-0.4, -0.2) is 51.1 Å². The van der Waals surface area contributed by atoms with Gasteiger partial charge in [0, 0.05) is 46.8 Å². The van der Waals surface area contributed by atoms with Crippen LogP contribution in [0.3, 0.4) is 0 Å². The highest BCUT2D eigenvalue weighted by Crippen LogP contribution is 2.36. The van der Waals surface area contributed by atoms with Crippen LogP contribution in [-0.2, 0) is 16.1 Å². The zero-order chi connectivity index (χ0) is 25.4. The highest BCUT2D eigenvalue weighted by Gasteiger charge is 2.37. The predicted molar refractivity (Wildman–Crippen MR) is 145 cm³/mol. The number of likely N-dealkylation sites (tertiary alicyclic amines) is 1. The van der Waals surface area contributed by atoms with E-state index in [1.165, 1.54) is 0 Å². The van der Waals surface area contributed by atoms with Crippen LogP contribution in [0.15, 0.2) is 53.4 Å². The minimum Gasteiger partial charge on any atom is -0.341 e. The summed E-state index contributed by atoms with van der Waals surface area (Å²) in [7, 11) is 0. The molecular weight excluding hydrogens is 494 g/mol. The lowest BCUT2D eigenvalue weighted by Crippen LogP contribution is -2.45. The van der Waals surface area contributed by atoms with Gasteiger partial charge in [-0.25, -0.2) is 0 Å². The molecule has 1 aromatic heterocycles. The lowest BCUT2D eigenvalue weighted by atomic mass is 9.99. The molecule has 5 rings (SSSR count). The number of hydrogen-bond acceptors (Lipinski definition) is 4. The van der Waals surface area contributed by atoms with E-state index < -0.39 is 11.1 Å². The molecule has 0 unspecified atom stereocenters. The van der Waals surface area contributed by atoms with Gasteiger partial charge in [-0.3, -0.25) is 19.3 Å². The van der Waals surface area contributed by atoms with Gasteiger partial charge in [-0.2, -0.15) is 0 Å². The lowest BCUT2D eigenvalue weighted by Gasteiger charge is -2.31. The quantitative estimate of drug-likeness (QED) is 0.389. The average molecular weight is 522 g/mol. The standard InChI is InChI=1S/C28H28ClN3O3S/c1-18-11-13-30(14-12-18)26(33)17-32-27(34)25(36-28(32)35)15-22-19(2)31(24-10-6-4-8-21(22)24)16-20-7-3-5-9-23(20)29/h3-10,15,18H,11-14,16-17H2,1-2H3/b25-15-. The van der Waals surface area contributed by atoms with Crippen LogP contribution in [0.1, 0.15) is 36.6 Å². The summed E-state index contributed by atoms with van der Waals surface area (Å²) in [6, 6.07) is 15.7. The fourth-order valence-corrected chi connectivity index (χ4v) is 5.92. The minimum absolute atomic E-state index is 0.169. The van der Waals surface area contributed by atoms with Crippen molar-refractivity contribution in [1.29, 1.82) is 0 Å². The molecule has 0 spiro atoms. The number of aromatic nitrogens is 1. The van der Waals surface area contributed by atoms with E-state index in [0.717, 1.165) is 57.2 Å². The topological polar surface area (TPSA) is 62.6 Å². The van der Waals surface area contributed by atoms with Crippen molar-refractivity contribution in [2.24, 2.45) is 5.92 Å². The fraction of sp³-hybridized carbons (Fsp3) is 0.321. The van der Waals surface area contributed by atoms with Gasteiger partial charge < -0.3 is 9.47 Å². The van der Waals surface area contributed by atoms with Crippen molar-refractivity contribution in [1.82, 2.24) is 14.4 Å². The first-order valence-electron chi connectivity index (χ1n) is 12.2. The maximum Gasteiger partial charge on any atom is 0.294 e. The molecule has 0 N–H and O–H groups in total. The Balaban J connectivity index is 1.43. The van der Waals surface area contributed by atoms with Crippen LogP contribution in [0.25, 0.3) is 17.0 Å². The molecule has 186 valence electrons. The molecule has 0 saturated carbocycles. The van der Waals surface area contributed by atoms with E-state index in [-0.39, 0.29) is 12.5 Å². The van der Waals surface area contributed by atoms with Gasteiger partial charge in [0.15, 0.2) is 0 Å². The SMILES string of the molecule is Cc1c(/C=C2\SC(=O)N(CC(=O)N3CCC(C)CC3)C2=O)c2ccccc2n1Cc1ccccc1Cl. The molecule has 8 heteroatoms. The number of nitrogens with zero attached hydrogens (tertiary/aromatic N) is 3. The van der Waals surface area contributed by atoms with E-state index in [9.17, 15) is 14.4 Å². The molecule has 3 amide bonds. The van der Waals surface area contributed by atoms with Gasteiger partial charge in [0.1, 0.15) is 6.54 Å². The number of thioether (sulfide) groups is 1. The zero-order valence-electron chi connectivity index (χ0n) is 20.4. The summed E-state index contributed by atoms with van der Waals surface area (Å²) in [5, 5.41) is 1.29. The molecule has 6 nitrogen and oxygen atoms in total. The van der Waals surface area contributed by atoms with Crippen molar-refractivity contribution in [2.45, 2.75) is 33.2 Å². The Morgan fingerprint density at radius 2 is 1.78 bits per heavy atom. The fourth-order valence-electron chi connectivity index (χ4n) is 4.90. The van der Waals surface area contributed by atoms with Crippen molar-refractivity contribution >= 4 is 57.4 Å². The number of amides is 3. The highest BCUT2D eigenvalue weighted by molar-refractivity contribution is 8.18. The molecule has 3 aromatic rings. The van der Waals surface area contributed by atoms with Crippen LogP contribution >= 0.6 is 23.4 Å². The number of benzene rings is 2. The molecule has 3 heterocycles. The van der Waals surface area contributed by atoms with Crippen molar-refractivity contribution in [2.75, 3.05) is 19.6 Å². The third-order valence-electron chi connectivity index (χ3n) is 7.14. The summed E-state index contributed by atoms with van der Waals surface area (Å²) in [6.45, 7) is 5.92. The van der Waals surface area contributed by atoms with Gasteiger partial charge >= 0.3 is 0 Å². The third kappa shape index (κ3) is 4.70. The van der Waals surface area contributed by atoms with Crippen molar-refractivity contribution in [3.8, 4) is 0 Å². The second kappa shape index (κ2) is 10.1. The lowest BCUT2D eigenvalue weighted by molar-refractivity contribution is -0.136. The first kappa shape index (κ1) is 24.7. The Hall–Kier alpha value is -3.03. The van der Waals surface area contributed by atoms with E-state index in [4.69, 9.17) is 11.6 Å². The number of piperidine rings is 1. The molecule has 0 radical (unpaired) electrons. The smallest absolute Gasteiger partial charge is 0.294 e. The van der Waals surface area contributed by atoms with E-state index in [0.29, 0.717) is 35.5 Å². The Morgan fingerprint density at radius 3 is 2.53 bits per heavy atom. The summed E-state index contributed by atoms with van der Waals surface area (Å²) < 4.78 is 2.17. The average Bonchev–Trinajstić information content (AvgIpc) is 3.29. The maximum atomic E-state index is 13.2. The van der Waals surface area contributed by atoms with E-state index in [1.807, 2.05) is 55.5 Å². The molecule has 36 heavy (non-hydrogen) atoms. The van der Waals surface area contributed by atoms with E-state index in [1.54, 1.807) is 11.0 Å². The molecular formula is C28H28ClN3O3S. The first-order valence-corrected chi connectivity index (χ1v) is 13.4. The first-order chi connectivity index (χ1) is 17.3. The Labute approximate surface area is 219 Å². The van der Waals surface area contributed by atoms with Crippen LogP contribution in [0.2, 0.25) is 5.02 Å². The predicted octanol–water partition coefficient (Wildman–Crippen LogP) is 5.95. The monoisotopic (exact) mass is 521 g/mol. The molecule has 2 aromatic carbocycles. The Morgan fingerprint density at radius 1 is 1.08 bits per heavy atom. The van der Waals surface area contributed by atoms with Crippen LogP contribution < -0.4 is 0 Å². The van der Waals surface area contributed by atoms with Crippen LogP contribution in [0.5, 0.6) is 0 Å². The number of carbonyl (C=O) groups excluding carboxylic acids is 3. The van der Waals surface area contributed by atoms with Crippen LogP contribution in [0.4, 0.5) is 4.79 Å². The van der Waals surface area contributed by atoms with Gasteiger partial charge in [-0.15, -0.1) is 0 Å².